The van der Waals surface area contributed by atoms with Gasteiger partial charge in [-0.15, -0.1) is 0 Å². The van der Waals surface area contributed by atoms with Crippen LogP contribution in [0.2, 0.25) is 0 Å². The second kappa shape index (κ2) is 9.87. The van der Waals surface area contributed by atoms with E-state index in [1.54, 1.807) is 7.11 Å². The molecule has 0 saturated heterocycles. The summed E-state index contributed by atoms with van der Waals surface area (Å²) < 4.78 is 12.3. The minimum absolute atomic E-state index is 0.0339. The maximum Gasteiger partial charge on any atom is 0.134 e. The lowest BCUT2D eigenvalue weighted by Crippen LogP contribution is -2.15. The normalized spacial score (nSPS) is 11.3. The zero-order valence-corrected chi connectivity index (χ0v) is 19.5. The van der Waals surface area contributed by atoms with Crippen LogP contribution in [0.15, 0.2) is 73.3 Å². The third-order valence-corrected chi connectivity index (χ3v) is 5.52. The number of hydrogen-bond acceptors (Lipinski definition) is 2. The van der Waals surface area contributed by atoms with Crippen molar-refractivity contribution >= 4 is 5.57 Å². The SMILES string of the molecule is C=C(c1cccc(-c2ccccc2)c1OC)c1cccc(C(C)(C)C)c1OCCCC. The largest absolute Gasteiger partial charge is 0.495 e. The van der Waals surface area contributed by atoms with E-state index in [0.29, 0.717) is 6.61 Å². The van der Waals surface area contributed by atoms with E-state index in [1.165, 1.54) is 5.56 Å². The molecule has 0 saturated carbocycles. The molecule has 0 radical (unpaired) electrons. The molecule has 0 aromatic heterocycles. The standard InChI is InChI=1S/C29H34O2/c1-7-8-20-31-28-24(17-13-19-26(28)29(3,4)5)21(2)23-16-12-18-25(27(23)30-6)22-14-10-9-11-15-22/h9-19H,2,7-8,20H2,1,3-6H3. The Hall–Kier alpha value is -3.00. The van der Waals surface area contributed by atoms with Gasteiger partial charge in [-0.2, -0.15) is 0 Å². The molecule has 0 fully saturated rings. The minimum atomic E-state index is -0.0339. The lowest BCUT2D eigenvalue weighted by atomic mass is 9.83. The summed E-state index contributed by atoms with van der Waals surface area (Å²) in [6.45, 7) is 14.0. The number of methoxy groups -OCH3 is 1. The molecule has 0 unspecified atom stereocenters. The summed E-state index contributed by atoms with van der Waals surface area (Å²) in [5.74, 6) is 1.76. The Bertz CT molecular complexity index is 1030. The molecule has 0 amide bonds. The number of hydrogen-bond donors (Lipinski definition) is 0. The second-order valence-electron chi connectivity index (χ2n) is 8.87. The highest BCUT2D eigenvalue weighted by molar-refractivity contribution is 5.88. The fourth-order valence-electron chi connectivity index (χ4n) is 3.82. The average Bonchev–Trinajstić information content (AvgIpc) is 2.78. The van der Waals surface area contributed by atoms with Crippen LogP contribution >= 0.6 is 0 Å². The molecule has 0 bridgehead atoms. The van der Waals surface area contributed by atoms with Gasteiger partial charge in [-0.1, -0.05) is 107 Å². The van der Waals surface area contributed by atoms with Gasteiger partial charge in [0.2, 0.25) is 0 Å². The molecule has 3 aromatic rings. The van der Waals surface area contributed by atoms with Gasteiger partial charge in [-0.05, 0) is 23.0 Å². The van der Waals surface area contributed by atoms with Crippen molar-refractivity contribution in [1.82, 2.24) is 0 Å². The number of benzene rings is 3. The van der Waals surface area contributed by atoms with Crippen LogP contribution in [0.3, 0.4) is 0 Å². The Balaban J connectivity index is 2.13. The molecule has 3 aromatic carbocycles. The van der Waals surface area contributed by atoms with Gasteiger partial charge in [0.25, 0.3) is 0 Å². The van der Waals surface area contributed by atoms with Crippen molar-refractivity contribution in [1.29, 1.82) is 0 Å². The molecule has 0 aliphatic heterocycles. The quantitative estimate of drug-likeness (QED) is 0.349. The molecular weight excluding hydrogens is 380 g/mol. The van der Waals surface area contributed by atoms with Crippen LogP contribution < -0.4 is 9.47 Å². The summed E-state index contributed by atoms with van der Waals surface area (Å²) in [6.07, 6.45) is 2.12. The van der Waals surface area contributed by atoms with Crippen molar-refractivity contribution in [2.75, 3.05) is 13.7 Å². The number of rotatable bonds is 8. The molecule has 2 nitrogen and oxygen atoms in total. The first-order chi connectivity index (χ1) is 14.9. The summed E-state index contributed by atoms with van der Waals surface area (Å²) in [6, 6.07) is 22.9. The monoisotopic (exact) mass is 414 g/mol. The van der Waals surface area contributed by atoms with Crippen LogP contribution in [-0.2, 0) is 5.41 Å². The maximum atomic E-state index is 6.36. The summed E-state index contributed by atoms with van der Waals surface area (Å²) in [4.78, 5) is 0. The molecule has 3 rings (SSSR count). The predicted molar refractivity (Wildman–Crippen MR) is 132 cm³/mol. The van der Waals surface area contributed by atoms with Gasteiger partial charge in [0, 0.05) is 22.3 Å². The molecule has 0 heterocycles. The first-order valence-electron chi connectivity index (χ1n) is 11.1. The molecule has 162 valence electrons. The Morgan fingerprint density at radius 1 is 0.839 bits per heavy atom. The fraction of sp³-hybridized carbons (Fsp3) is 0.310. The van der Waals surface area contributed by atoms with Crippen molar-refractivity contribution in [3.63, 3.8) is 0 Å². The van der Waals surface area contributed by atoms with Gasteiger partial charge in [0.05, 0.1) is 13.7 Å². The van der Waals surface area contributed by atoms with E-state index in [2.05, 4.69) is 82.8 Å². The van der Waals surface area contributed by atoms with Gasteiger partial charge in [-0.3, -0.25) is 0 Å². The summed E-state index contributed by atoms with van der Waals surface area (Å²) in [5.41, 5.74) is 6.25. The van der Waals surface area contributed by atoms with Gasteiger partial charge < -0.3 is 9.47 Å². The number of ether oxygens (including phenoxy) is 2. The van der Waals surface area contributed by atoms with E-state index in [1.807, 2.05) is 18.2 Å². The molecule has 0 aliphatic rings. The second-order valence-corrected chi connectivity index (χ2v) is 8.87. The first kappa shape index (κ1) is 22.7. The van der Waals surface area contributed by atoms with E-state index in [0.717, 1.165) is 52.2 Å². The van der Waals surface area contributed by atoms with E-state index in [9.17, 15) is 0 Å². The van der Waals surface area contributed by atoms with E-state index in [-0.39, 0.29) is 5.41 Å². The highest BCUT2D eigenvalue weighted by Gasteiger charge is 2.24. The zero-order valence-electron chi connectivity index (χ0n) is 19.5. The Morgan fingerprint density at radius 2 is 1.48 bits per heavy atom. The molecule has 31 heavy (non-hydrogen) atoms. The molecule has 0 N–H and O–H groups in total. The molecule has 0 atom stereocenters. The van der Waals surface area contributed by atoms with Crippen molar-refractivity contribution in [3.8, 4) is 22.6 Å². The summed E-state index contributed by atoms with van der Waals surface area (Å²) in [5, 5.41) is 0. The topological polar surface area (TPSA) is 18.5 Å². The molecule has 0 aliphatic carbocycles. The maximum absolute atomic E-state index is 6.36. The van der Waals surface area contributed by atoms with Crippen LogP contribution in [0.4, 0.5) is 0 Å². The van der Waals surface area contributed by atoms with E-state index >= 15 is 0 Å². The van der Waals surface area contributed by atoms with Crippen molar-refractivity contribution in [3.05, 3.63) is 90.0 Å². The third-order valence-electron chi connectivity index (χ3n) is 5.52. The Kier molecular flexibility index (Phi) is 7.22. The highest BCUT2D eigenvalue weighted by Crippen LogP contribution is 2.43. The third kappa shape index (κ3) is 5.02. The predicted octanol–water partition coefficient (Wildman–Crippen LogP) is 7.90. The Labute approximate surface area is 187 Å². The fourth-order valence-corrected chi connectivity index (χ4v) is 3.82. The van der Waals surface area contributed by atoms with Gasteiger partial charge >= 0.3 is 0 Å². The molecule has 2 heteroatoms. The van der Waals surface area contributed by atoms with Crippen LogP contribution in [0.5, 0.6) is 11.5 Å². The lowest BCUT2D eigenvalue weighted by molar-refractivity contribution is 0.300. The molecular formula is C29H34O2. The van der Waals surface area contributed by atoms with Gasteiger partial charge in [0.15, 0.2) is 0 Å². The van der Waals surface area contributed by atoms with Crippen molar-refractivity contribution in [2.45, 2.75) is 46.0 Å². The Morgan fingerprint density at radius 3 is 2.10 bits per heavy atom. The summed E-state index contributed by atoms with van der Waals surface area (Å²) in [7, 11) is 1.72. The average molecular weight is 415 g/mol. The van der Waals surface area contributed by atoms with Crippen LogP contribution in [0.1, 0.15) is 57.2 Å². The van der Waals surface area contributed by atoms with Crippen LogP contribution in [-0.4, -0.2) is 13.7 Å². The van der Waals surface area contributed by atoms with Crippen molar-refractivity contribution in [2.24, 2.45) is 0 Å². The van der Waals surface area contributed by atoms with Crippen LogP contribution in [0, 0.1) is 0 Å². The van der Waals surface area contributed by atoms with E-state index in [4.69, 9.17) is 9.47 Å². The van der Waals surface area contributed by atoms with Gasteiger partial charge in [0.1, 0.15) is 11.5 Å². The van der Waals surface area contributed by atoms with Crippen LogP contribution in [0.25, 0.3) is 16.7 Å². The summed E-state index contributed by atoms with van der Waals surface area (Å²) >= 11 is 0. The number of unbranched alkanes of at least 4 members (excludes halogenated alkanes) is 1. The van der Waals surface area contributed by atoms with Gasteiger partial charge in [-0.25, -0.2) is 0 Å². The van der Waals surface area contributed by atoms with Crippen molar-refractivity contribution < 1.29 is 9.47 Å². The molecule has 0 spiro atoms. The lowest BCUT2D eigenvalue weighted by Gasteiger charge is -2.26. The smallest absolute Gasteiger partial charge is 0.134 e. The van der Waals surface area contributed by atoms with E-state index < -0.39 is 0 Å². The number of para-hydroxylation sites is 2. The minimum Gasteiger partial charge on any atom is -0.495 e. The first-order valence-corrected chi connectivity index (χ1v) is 11.1. The zero-order chi connectivity index (χ0) is 22.4. The highest BCUT2D eigenvalue weighted by atomic mass is 16.5.